The zero-order chi connectivity index (χ0) is 14.8. The van der Waals surface area contributed by atoms with Crippen molar-refractivity contribution in [2.24, 2.45) is 0 Å². The molecule has 0 atom stereocenters. The van der Waals surface area contributed by atoms with E-state index in [1.807, 2.05) is 6.92 Å². The molecule has 106 valence electrons. The third-order valence-electron chi connectivity index (χ3n) is 3.21. The maximum Gasteiger partial charge on any atom is 0.329 e. The highest BCUT2D eigenvalue weighted by Crippen LogP contribution is 2.20. The number of aryl methyl sites for hydroxylation is 1. The van der Waals surface area contributed by atoms with Crippen LogP contribution in [0.25, 0.3) is 0 Å². The van der Waals surface area contributed by atoms with Crippen LogP contribution in [0.2, 0.25) is 5.02 Å². The minimum absolute atomic E-state index is 0.354. The number of carboxylic acid groups (broad SMARTS) is 1. The standard InChI is InChI=1S/C13H19ClN2O3/c1-5-6-16-8-9(14)7-10(16)11(17)15(4)13(2,3)12(18)19/h7-8H,5-6H2,1-4H3,(H,18,19). The van der Waals surface area contributed by atoms with E-state index in [1.165, 1.54) is 25.8 Å². The van der Waals surface area contributed by atoms with Crippen LogP contribution < -0.4 is 0 Å². The van der Waals surface area contributed by atoms with Crippen molar-refractivity contribution in [2.45, 2.75) is 39.3 Å². The zero-order valence-electron chi connectivity index (χ0n) is 11.6. The van der Waals surface area contributed by atoms with Gasteiger partial charge in [-0.05, 0) is 26.3 Å². The zero-order valence-corrected chi connectivity index (χ0v) is 12.4. The van der Waals surface area contributed by atoms with Crippen molar-refractivity contribution in [3.63, 3.8) is 0 Å². The van der Waals surface area contributed by atoms with Crippen LogP contribution in [0.5, 0.6) is 0 Å². The van der Waals surface area contributed by atoms with Crippen LogP contribution in [0.15, 0.2) is 12.3 Å². The van der Waals surface area contributed by atoms with Crippen molar-refractivity contribution in [1.82, 2.24) is 9.47 Å². The number of carbonyl (C=O) groups is 2. The highest BCUT2D eigenvalue weighted by Gasteiger charge is 2.36. The fraction of sp³-hybridized carbons (Fsp3) is 0.538. The smallest absolute Gasteiger partial charge is 0.329 e. The Morgan fingerprint density at radius 2 is 2.05 bits per heavy atom. The predicted molar refractivity (Wildman–Crippen MR) is 73.5 cm³/mol. The van der Waals surface area contributed by atoms with E-state index < -0.39 is 11.5 Å². The van der Waals surface area contributed by atoms with Crippen LogP contribution in [-0.2, 0) is 11.3 Å². The monoisotopic (exact) mass is 286 g/mol. The summed E-state index contributed by atoms with van der Waals surface area (Å²) in [6.45, 7) is 5.63. The first kappa shape index (κ1) is 15.6. The van der Waals surface area contributed by atoms with Gasteiger partial charge in [-0.25, -0.2) is 4.79 Å². The molecule has 0 aliphatic rings. The summed E-state index contributed by atoms with van der Waals surface area (Å²) in [6, 6.07) is 1.56. The Morgan fingerprint density at radius 1 is 1.47 bits per heavy atom. The topological polar surface area (TPSA) is 62.5 Å². The van der Waals surface area contributed by atoms with Crippen LogP contribution in [0.1, 0.15) is 37.7 Å². The van der Waals surface area contributed by atoms with Crippen molar-refractivity contribution in [3.05, 3.63) is 23.0 Å². The molecular weight excluding hydrogens is 268 g/mol. The van der Waals surface area contributed by atoms with Gasteiger partial charge in [0.05, 0.1) is 5.02 Å². The molecule has 0 radical (unpaired) electrons. The Morgan fingerprint density at radius 3 is 2.53 bits per heavy atom. The molecule has 5 nitrogen and oxygen atoms in total. The normalized spacial score (nSPS) is 11.4. The second-order valence-corrected chi connectivity index (χ2v) is 5.40. The van der Waals surface area contributed by atoms with Crippen molar-refractivity contribution >= 4 is 23.5 Å². The summed E-state index contributed by atoms with van der Waals surface area (Å²) in [7, 11) is 1.48. The number of halogens is 1. The van der Waals surface area contributed by atoms with Gasteiger partial charge in [-0.15, -0.1) is 0 Å². The number of likely N-dealkylation sites (N-methyl/N-ethyl adjacent to an activating group) is 1. The van der Waals surface area contributed by atoms with Gasteiger partial charge in [-0.1, -0.05) is 18.5 Å². The van der Waals surface area contributed by atoms with Crippen molar-refractivity contribution in [1.29, 1.82) is 0 Å². The van der Waals surface area contributed by atoms with Gasteiger partial charge in [-0.2, -0.15) is 0 Å². The van der Waals surface area contributed by atoms with E-state index >= 15 is 0 Å². The molecule has 1 aromatic heterocycles. The largest absolute Gasteiger partial charge is 0.480 e. The number of aromatic nitrogens is 1. The molecule has 0 unspecified atom stereocenters. The van der Waals surface area contributed by atoms with E-state index in [-0.39, 0.29) is 5.91 Å². The summed E-state index contributed by atoms with van der Waals surface area (Å²) in [6.07, 6.45) is 2.54. The van der Waals surface area contributed by atoms with Gasteiger partial charge in [0.25, 0.3) is 5.91 Å². The first-order valence-electron chi connectivity index (χ1n) is 6.09. The molecule has 1 aromatic rings. The van der Waals surface area contributed by atoms with Crippen LogP contribution in [0.3, 0.4) is 0 Å². The van der Waals surface area contributed by atoms with Gasteiger partial charge >= 0.3 is 5.97 Å². The van der Waals surface area contributed by atoms with E-state index in [0.29, 0.717) is 17.3 Å². The van der Waals surface area contributed by atoms with E-state index in [1.54, 1.807) is 16.8 Å². The number of aliphatic carboxylic acids is 1. The van der Waals surface area contributed by atoms with E-state index in [9.17, 15) is 9.59 Å². The van der Waals surface area contributed by atoms with Gasteiger partial charge in [-0.3, -0.25) is 4.79 Å². The number of rotatable bonds is 5. The number of amides is 1. The molecule has 0 spiro atoms. The fourth-order valence-corrected chi connectivity index (χ4v) is 1.87. The lowest BCUT2D eigenvalue weighted by Crippen LogP contribution is -2.51. The van der Waals surface area contributed by atoms with Crippen LogP contribution >= 0.6 is 11.6 Å². The minimum Gasteiger partial charge on any atom is -0.480 e. The molecule has 1 rings (SSSR count). The maximum atomic E-state index is 12.4. The van der Waals surface area contributed by atoms with Crippen molar-refractivity contribution < 1.29 is 14.7 Å². The van der Waals surface area contributed by atoms with Gasteiger partial charge in [0.1, 0.15) is 11.2 Å². The quantitative estimate of drug-likeness (QED) is 0.904. The Bertz CT molecular complexity index is 494. The van der Waals surface area contributed by atoms with Gasteiger partial charge in [0.15, 0.2) is 0 Å². The molecule has 19 heavy (non-hydrogen) atoms. The second kappa shape index (κ2) is 5.65. The first-order chi connectivity index (χ1) is 8.71. The lowest BCUT2D eigenvalue weighted by atomic mass is 10.0. The number of nitrogens with zero attached hydrogens (tertiary/aromatic N) is 2. The molecule has 0 aliphatic carbocycles. The minimum atomic E-state index is -1.27. The average molecular weight is 287 g/mol. The molecule has 0 fully saturated rings. The van der Waals surface area contributed by atoms with Gasteiger partial charge < -0.3 is 14.6 Å². The summed E-state index contributed by atoms with van der Waals surface area (Å²) < 4.78 is 1.75. The Balaban J connectivity index is 3.10. The molecular formula is C13H19ClN2O3. The number of hydrogen-bond donors (Lipinski definition) is 1. The third kappa shape index (κ3) is 3.10. The Hall–Kier alpha value is -1.49. The Kier molecular flexibility index (Phi) is 4.63. The molecule has 0 aliphatic heterocycles. The van der Waals surface area contributed by atoms with Gasteiger partial charge in [0, 0.05) is 19.8 Å². The highest BCUT2D eigenvalue weighted by atomic mass is 35.5. The maximum absolute atomic E-state index is 12.4. The fourth-order valence-electron chi connectivity index (χ4n) is 1.65. The predicted octanol–water partition coefficient (Wildman–Crippen LogP) is 2.49. The van der Waals surface area contributed by atoms with E-state index in [2.05, 4.69) is 0 Å². The first-order valence-corrected chi connectivity index (χ1v) is 6.46. The van der Waals surface area contributed by atoms with Crippen molar-refractivity contribution in [3.8, 4) is 0 Å². The number of carboxylic acids is 1. The lowest BCUT2D eigenvalue weighted by molar-refractivity contribution is -0.147. The third-order valence-corrected chi connectivity index (χ3v) is 3.42. The molecule has 1 N–H and O–H groups in total. The molecule has 0 bridgehead atoms. The number of carbonyl (C=O) groups excluding carboxylic acids is 1. The molecule has 0 aromatic carbocycles. The van der Waals surface area contributed by atoms with E-state index in [4.69, 9.17) is 16.7 Å². The average Bonchev–Trinajstić information content (AvgIpc) is 2.68. The van der Waals surface area contributed by atoms with Crippen molar-refractivity contribution in [2.75, 3.05) is 7.05 Å². The van der Waals surface area contributed by atoms with Gasteiger partial charge in [0.2, 0.25) is 0 Å². The molecule has 6 heteroatoms. The van der Waals surface area contributed by atoms with E-state index in [0.717, 1.165) is 6.42 Å². The lowest BCUT2D eigenvalue weighted by Gasteiger charge is -2.31. The highest BCUT2D eigenvalue weighted by molar-refractivity contribution is 6.31. The van der Waals surface area contributed by atoms with Crippen LogP contribution in [-0.4, -0.2) is 39.0 Å². The Labute approximate surface area is 117 Å². The summed E-state index contributed by atoms with van der Waals surface area (Å²) in [5.41, 5.74) is -0.867. The molecule has 1 heterocycles. The van der Waals surface area contributed by atoms with Crippen LogP contribution in [0, 0.1) is 0 Å². The van der Waals surface area contributed by atoms with Crippen LogP contribution in [0.4, 0.5) is 0 Å². The summed E-state index contributed by atoms with van der Waals surface area (Å²) in [5.74, 6) is -1.41. The summed E-state index contributed by atoms with van der Waals surface area (Å²) in [4.78, 5) is 24.8. The SMILES string of the molecule is CCCn1cc(Cl)cc1C(=O)N(C)C(C)(C)C(=O)O. The second-order valence-electron chi connectivity index (χ2n) is 4.97. The molecule has 0 saturated heterocycles. The molecule has 0 saturated carbocycles. The summed E-state index contributed by atoms with van der Waals surface area (Å²) in [5, 5.41) is 9.63. The molecule has 1 amide bonds. The number of hydrogen-bond acceptors (Lipinski definition) is 2. The summed E-state index contributed by atoms with van der Waals surface area (Å²) >= 11 is 5.92.